The van der Waals surface area contributed by atoms with Crippen LogP contribution in [0.15, 0.2) is 271 Å². The van der Waals surface area contributed by atoms with Crippen molar-refractivity contribution in [2.75, 3.05) is 17.5 Å². The third kappa shape index (κ3) is 29.4. The Morgan fingerprint density at radius 2 is 0.809 bits per heavy atom. The molecule has 2 fully saturated rings. The summed E-state index contributed by atoms with van der Waals surface area (Å²) in [6, 6.07) is 82.0. The zero-order valence-corrected chi connectivity index (χ0v) is 66.8. The van der Waals surface area contributed by atoms with Gasteiger partial charge in [-0.2, -0.15) is 0 Å². The molecule has 9 aromatic rings. The van der Waals surface area contributed by atoms with Crippen LogP contribution < -0.4 is 0 Å². The Morgan fingerprint density at radius 3 is 1.19 bits per heavy atom. The van der Waals surface area contributed by atoms with Gasteiger partial charge in [0.1, 0.15) is 6.04 Å². The minimum absolute atomic E-state index is 0. The van der Waals surface area contributed by atoms with Crippen LogP contribution in [0, 0.1) is 40.9 Å². The van der Waals surface area contributed by atoms with Crippen LogP contribution >= 0.6 is 22.6 Å². The third-order valence-corrected chi connectivity index (χ3v) is 19.0. The van der Waals surface area contributed by atoms with E-state index in [0.717, 1.165) is 91.4 Å². The molecule has 0 bridgehead atoms. The van der Waals surface area contributed by atoms with Gasteiger partial charge < -0.3 is 35.5 Å². The Balaban J connectivity index is 0.000000254. The van der Waals surface area contributed by atoms with Crippen molar-refractivity contribution in [2.24, 2.45) is 15.4 Å². The minimum atomic E-state index is -1.41. The van der Waals surface area contributed by atoms with Gasteiger partial charge in [0.05, 0.1) is 40.7 Å². The van der Waals surface area contributed by atoms with E-state index in [4.69, 9.17) is 10.1 Å². The first kappa shape index (κ1) is 88.9. The molecule has 17 heteroatoms. The number of rotatable bonds is 25. The van der Waals surface area contributed by atoms with Crippen molar-refractivity contribution < 1.29 is 72.3 Å². The number of benzene rings is 9. The first-order chi connectivity index (χ1) is 52.4. The summed E-state index contributed by atoms with van der Waals surface area (Å²) < 4.78 is 1.20. The topological polar surface area (TPSA) is 205 Å². The number of alkyl halides is 1. The molecule has 2 amide bonds. The fourth-order valence-corrected chi connectivity index (χ4v) is 12.5. The SMILES string of the molecule is CC(C)(CCCC#Cc1ccccc1)C(=O)O.C[C@@H](N=C(c1ccccc1)c1ccccc1[N-]C(=O)[C@@H]1CCCN1Cc1ccccc1)C(=O)O.C[C@](CCCC#Cc1ccccc1)(N=C(c1ccccc1)c1ccccc1[N-]C(=O)[C@@H]1CCCN1Cc1ccccc1)C(=O)O.ICCCC#Cc1ccccc1.[Ni+2].[Ni+2]. The molecule has 2 saturated heterocycles. The van der Waals surface area contributed by atoms with Gasteiger partial charge in [-0.05, 0) is 157 Å². The first-order valence-electron chi connectivity index (χ1n) is 36.8. The summed E-state index contributed by atoms with van der Waals surface area (Å²) in [4.78, 5) is 75.9. The summed E-state index contributed by atoms with van der Waals surface area (Å²) in [5, 5.41) is 37.9. The van der Waals surface area contributed by atoms with E-state index in [9.17, 15) is 34.2 Å². The maximum atomic E-state index is 13.7. The monoisotopic (exact) mass is 1670 g/mol. The number of carbonyl (C=O) groups excluding carboxylic acids is 2. The molecule has 4 atom stereocenters. The molecule has 9 aromatic carbocycles. The summed E-state index contributed by atoms with van der Waals surface area (Å²) in [5.41, 5.74) is 8.12. The second kappa shape index (κ2) is 47.8. The maximum absolute atomic E-state index is 13.7. The molecular formula is C93H95IN6Ni2O8+2. The van der Waals surface area contributed by atoms with Crippen molar-refractivity contribution in [3.8, 4) is 35.5 Å². The van der Waals surface area contributed by atoms with Crippen LogP contribution in [-0.2, 0) is 70.0 Å². The third-order valence-electron chi connectivity index (χ3n) is 18.2. The van der Waals surface area contributed by atoms with Gasteiger partial charge in [-0.15, -0.1) is 11.4 Å². The summed E-state index contributed by atoms with van der Waals surface area (Å²) in [7, 11) is 0. The molecule has 2 aliphatic rings. The van der Waals surface area contributed by atoms with Gasteiger partial charge in [0.2, 0.25) is 0 Å². The molecule has 0 aliphatic carbocycles. The van der Waals surface area contributed by atoms with Crippen molar-refractivity contribution >= 4 is 75.1 Å². The van der Waals surface area contributed by atoms with E-state index in [1.807, 2.05) is 224 Å². The number of carboxylic acids is 3. The molecule has 2 aliphatic heterocycles. The van der Waals surface area contributed by atoms with Crippen LogP contribution in [0.5, 0.6) is 0 Å². The summed E-state index contributed by atoms with van der Waals surface area (Å²) in [6.07, 6.45) is 9.25. The quantitative estimate of drug-likeness (QED) is 0.0123. The Bertz CT molecular complexity index is 4600. The van der Waals surface area contributed by atoms with Crippen LogP contribution in [0.2, 0.25) is 0 Å². The number of aliphatic carboxylic acids is 3. The van der Waals surface area contributed by atoms with Gasteiger partial charge in [-0.3, -0.25) is 24.6 Å². The first-order valence-corrected chi connectivity index (χ1v) is 38.4. The van der Waals surface area contributed by atoms with Crippen LogP contribution in [-0.4, -0.2) is 107 Å². The number of para-hydroxylation sites is 2. The molecule has 570 valence electrons. The van der Waals surface area contributed by atoms with Gasteiger partial charge in [0.15, 0.2) is 5.54 Å². The molecule has 11 rings (SSSR count). The normalized spacial score (nSPS) is 14.6. The van der Waals surface area contributed by atoms with Gasteiger partial charge in [-0.25, -0.2) is 9.59 Å². The van der Waals surface area contributed by atoms with Crippen molar-refractivity contribution in [3.63, 3.8) is 0 Å². The fraction of sp³-hybridized carbons (Fsp3) is 0.280. The standard InChI is InChI=1S/C39H39N3O3.C28H29N3O3.C15H18O2.C11H11I.2Ni/c1-39(38(44)45,27-15-5-10-19-30-17-6-2-7-18-30)41-36(32-22-11-4-12-23-32)33-24-13-14-25-34(33)40-37(43)35-26-16-28-42(35)29-31-20-8-3-9-21-31;1-20(28(33)34)29-26(22-13-6-3-7-14-22)23-15-8-9-16-24(23)30-27(32)25-17-10-18-31(25)19-21-11-4-2-5-12-21;1-15(2,14(16)17)12-8-4-7-11-13-9-5-3-6-10-13;12-10-6-2-5-9-11-7-3-1-4-8-11;;/h2-4,6-9,11-14,17-18,20-25,35H,5,15-16,26-29H2,1H3,(H2,40,41,43,44,45);2-9,11-16,20,25H,10,17-19H2,1H3,(H2,29,30,32,33,34);3,5-6,9-10H,4,8,12H2,1-2H3,(H,16,17);1,3-4,7-8H,2,6,10H2;;/q;;;;2*+2/p-2/t35-,39+;20-,25+;;;;/m01..../s1. The van der Waals surface area contributed by atoms with E-state index in [0.29, 0.717) is 72.7 Å². The van der Waals surface area contributed by atoms with Gasteiger partial charge >= 0.3 is 50.9 Å². The van der Waals surface area contributed by atoms with Crippen molar-refractivity contribution in [1.29, 1.82) is 0 Å². The van der Waals surface area contributed by atoms with E-state index < -0.39 is 34.9 Å². The van der Waals surface area contributed by atoms with Crippen LogP contribution in [0.25, 0.3) is 10.6 Å². The van der Waals surface area contributed by atoms with Gasteiger partial charge in [-0.1, -0.05) is 283 Å². The molecule has 14 nitrogen and oxygen atoms in total. The summed E-state index contributed by atoms with van der Waals surface area (Å²) in [5.74, 6) is 15.6. The number of aliphatic imine (C=N–C) groups is 2. The van der Waals surface area contributed by atoms with E-state index in [1.54, 1.807) is 32.9 Å². The number of carbonyl (C=O) groups is 5. The number of likely N-dealkylation sites (tertiary alicyclic amines) is 2. The van der Waals surface area contributed by atoms with Crippen molar-refractivity contribution in [3.05, 3.63) is 322 Å². The number of amides is 2. The number of carboxylic acid groups (broad SMARTS) is 3. The molecular weight excluding hydrogens is 1570 g/mol. The van der Waals surface area contributed by atoms with E-state index >= 15 is 0 Å². The molecule has 0 spiro atoms. The zero-order valence-electron chi connectivity index (χ0n) is 62.7. The number of hydrogen-bond acceptors (Lipinski definition) is 9. The molecule has 3 N–H and O–H groups in total. The summed E-state index contributed by atoms with van der Waals surface area (Å²) >= 11 is 2.37. The number of hydrogen-bond donors (Lipinski definition) is 3. The Hall–Kier alpha value is -10.0. The second-order valence-electron chi connectivity index (χ2n) is 27.1. The van der Waals surface area contributed by atoms with Crippen LogP contribution in [0.3, 0.4) is 0 Å². The minimum Gasteiger partial charge on any atom is -0.625 e. The average Bonchev–Trinajstić information content (AvgIpc) is 0.999. The van der Waals surface area contributed by atoms with Crippen molar-refractivity contribution in [1.82, 2.24) is 9.80 Å². The number of unbranched alkanes of at least 4 members (excludes halogenated alkanes) is 3. The maximum Gasteiger partial charge on any atom is 2.00 e. The number of nitrogens with zero attached hydrogens (tertiary/aromatic N) is 6. The van der Waals surface area contributed by atoms with Gasteiger partial charge in [0.25, 0.3) is 0 Å². The fourth-order valence-electron chi connectivity index (χ4n) is 12.1. The van der Waals surface area contributed by atoms with Crippen molar-refractivity contribution in [2.45, 2.75) is 141 Å². The van der Waals surface area contributed by atoms with Gasteiger partial charge in [0, 0.05) is 64.6 Å². The largest absolute Gasteiger partial charge is 2.00 e. The second-order valence-corrected chi connectivity index (χ2v) is 28.2. The van der Waals surface area contributed by atoms with Crippen LogP contribution in [0.1, 0.15) is 155 Å². The molecule has 0 aromatic heterocycles. The Labute approximate surface area is 683 Å². The Morgan fingerprint density at radius 1 is 0.464 bits per heavy atom. The molecule has 110 heavy (non-hydrogen) atoms. The molecule has 0 saturated carbocycles. The molecule has 0 unspecified atom stereocenters. The predicted octanol–water partition coefficient (Wildman–Crippen LogP) is 19.5. The Kier molecular flexibility index (Phi) is 38.6. The predicted molar refractivity (Wildman–Crippen MR) is 443 cm³/mol. The van der Waals surface area contributed by atoms with E-state index in [1.165, 1.54) is 23.3 Å². The van der Waals surface area contributed by atoms with E-state index in [2.05, 4.69) is 108 Å². The van der Waals surface area contributed by atoms with Crippen LogP contribution in [0.4, 0.5) is 11.4 Å². The summed E-state index contributed by atoms with van der Waals surface area (Å²) in [6.45, 7) is 9.78. The molecule has 0 radical (unpaired) electrons. The number of halogens is 1. The van der Waals surface area contributed by atoms with E-state index in [-0.39, 0.29) is 56.9 Å². The average molecular weight is 1670 g/mol. The zero-order chi connectivity index (χ0) is 76.8. The molecule has 2 heterocycles. The smallest absolute Gasteiger partial charge is 0.625 e.